The van der Waals surface area contributed by atoms with Gasteiger partial charge in [-0.3, -0.25) is 4.90 Å². The van der Waals surface area contributed by atoms with E-state index in [1.54, 1.807) is 11.3 Å². The van der Waals surface area contributed by atoms with Crippen molar-refractivity contribution in [3.05, 3.63) is 17.5 Å². The second-order valence-electron chi connectivity index (χ2n) is 4.23. The van der Waals surface area contributed by atoms with Crippen molar-refractivity contribution in [2.45, 2.75) is 18.9 Å². The Morgan fingerprint density at radius 1 is 1.36 bits per heavy atom. The van der Waals surface area contributed by atoms with Gasteiger partial charge in [0.05, 0.1) is 0 Å². The summed E-state index contributed by atoms with van der Waals surface area (Å²) in [5.41, 5.74) is 0. The van der Waals surface area contributed by atoms with Gasteiger partial charge in [0.2, 0.25) is 0 Å². The monoisotopic (exact) mass is 209 g/mol. The van der Waals surface area contributed by atoms with Gasteiger partial charge in [-0.1, -0.05) is 0 Å². The SMILES string of the molecule is c1csc(OC2CN3CCC2CC3)c1. The summed E-state index contributed by atoms with van der Waals surface area (Å²) < 4.78 is 6.01. The maximum atomic E-state index is 6.01. The van der Waals surface area contributed by atoms with Crippen LogP contribution in [0.25, 0.3) is 0 Å². The standard InChI is InChI=1S/C11H15NOS/c1-2-11(14-7-1)13-10-8-12-5-3-9(10)4-6-12/h1-2,7,9-10H,3-6,8H2. The number of piperidine rings is 3. The Labute approximate surface area is 88.5 Å². The molecule has 76 valence electrons. The molecule has 3 fully saturated rings. The van der Waals surface area contributed by atoms with E-state index in [1.807, 2.05) is 0 Å². The summed E-state index contributed by atoms with van der Waals surface area (Å²) in [5.74, 6) is 0.807. The van der Waals surface area contributed by atoms with Gasteiger partial charge in [-0.05, 0) is 49.4 Å². The normalized spacial score (nSPS) is 35.9. The van der Waals surface area contributed by atoms with E-state index in [0.717, 1.165) is 17.5 Å². The van der Waals surface area contributed by atoms with E-state index in [2.05, 4.69) is 22.4 Å². The third-order valence-corrected chi connectivity index (χ3v) is 4.12. The zero-order valence-corrected chi connectivity index (χ0v) is 9.00. The fourth-order valence-corrected chi connectivity index (χ4v) is 3.15. The number of nitrogens with zero attached hydrogens (tertiary/aromatic N) is 1. The molecule has 3 aliphatic rings. The van der Waals surface area contributed by atoms with Crippen molar-refractivity contribution >= 4 is 11.3 Å². The third-order valence-electron chi connectivity index (χ3n) is 3.36. The Hall–Kier alpha value is -0.540. The highest BCUT2D eigenvalue weighted by molar-refractivity contribution is 7.11. The van der Waals surface area contributed by atoms with Crippen molar-refractivity contribution in [3.63, 3.8) is 0 Å². The largest absolute Gasteiger partial charge is 0.479 e. The molecule has 1 aromatic heterocycles. The molecule has 2 nitrogen and oxygen atoms in total. The summed E-state index contributed by atoms with van der Waals surface area (Å²) >= 11 is 1.70. The number of thiophene rings is 1. The highest BCUT2D eigenvalue weighted by Gasteiger charge is 2.35. The molecule has 0 saturated carbocycles. The molecule has 0 aliphatic carbocycles. The van der Waals surface area contributed by atoms with E-state index in [4.69, 9.17) is 4.74 Å². The number of rotatable bonds is 2. The van der Waals surface area contributed by atoms with Crippen molar-refractivity contribution in [2.75, 3.05) is 19.6 Å². The quantitative estimate of drug-likeness (QED) is 0.740. The molecule has 4 heterocycles. The molecular weight excluding hydrogens is 194 g/mol. The molecule has 3 saturated heterocycles. The molecule has 0 spiro atoms. The predicted molar refractivity (Wildman–Crippen MR) is 57.9 cm³/mol. The number of hydrogen-bond acceptors (Lipinski definition) is 3. The lowest BCUT2D eigenvalue weighted by molar-refractivity contribution is -0.00590. The first-order valence-electron chi connectivity index (χ1n) is 5.34. The van der Waals surface area contributed by atoms with Gasteiger partial charge in [0.15, 0.2) is 5.06 Å². The lowest BCUT2D eigenvalue weighted by atomic mass is 9.86. The summed E-state index contributed by atoms with van der Waals surface area (Å²) in [6, 6.07) is 4.13. The van der Waals surface area contributed by atoms with Crippen LogP contribution in [0.15, 0.2) is 17.5 Å². The molecule has 1 unspecified atom stereocenters. The van der Waals surface area contributed by atoms with Crippen LogP contribution in [0, 0.1) is 5.92 Å². The van der Waals surface area contributed by atoms with E-state index in [0.29, 0.717) is 6.10 Å². The second kappa shape index (κ2) is 3.55. The van der Waals surface area contributed by atoms with Gasteiger partial charge in [-0.2, -0.15) is 0 Å². The van der Waals surface area contributed by atoms with Crippen LogP contribution in [-0.2, 0) is 0 Å². The lowest BCUT2D eigenvalue weighted by Crippen LogP contribution is -2.52. The van der Waals surface area contributed by atoms with E-state index in [1.165, 1.54) is 25.9 Å². The third kappa shape index (κ3) is 1.55. The van der Waals surface area contributed by atoms with Gasteiger partial charge < -0.3 is 4.74 Å². The molecule has 0 amide bonds. The highest BCUT2D eigenvalue weighted by atomic mass is 32.1. The lowest BCUT2D eigenvalue weighted by Gasteiger charge is -2.44. The molecule has 1 aromatic rings. The Balaban J connectivity index is 1.68. The van der Waals surface area contributed by atoms with Crippen molar-refractivity contribution in [2.24, 2.45) is 5.92 Å². The smallest absolute Gasteiger partial charge is 0.174 e. The zero-order valence-electron chi connectivity index (χ0n) is 8.19. The molecule has 1 atom stereocenters. The minimum atomic E-state index is 0.455. The van der Waals surface area contributed by atoms with E-state index in [9.17, 15) is 0 Å². The summed E-state index contributed by atoms with van der Waals surface area (Å²) in [6.45, 7) is 3.71. The average Bonchev–Trinajstić information content (AvgIpc) is 2.72. The summed E-state index contributed by atoms with van der Waals surface area (Å²) in [7, 11) is 0. The van der Waals surface area contributed by atoms with Crippen LogP contribution in [0.5, 0.6) is 5.06 Å². The molecule has 0 aromatic carbocycles. The Morgan fingerprint density at radius 3 is 2.79 bits per heavy atom. The summed E-state index contributed by atoms with van der Waals surface area (Å²) in [5, 5.41) is 3.17. The Bertz CT molecular complexity index is 290. The first-order valence-corrected chi connectivity index (χ1v) is 6.22. The summed E-state index contributed by atoms with van der Waals surface area (Å²) in [6.07, 6.45) is 3.11. The van der Waals surface area contributed by atoms with Crippen LogP contribution >= 0.6 is 11.3 Å². The first-order chi connectivity index (χ1) is 6.92. The molecule has 3 heteroatoms. The number of fused-ring (bicyclic) bond motifs is 3. The number of ether oxygens (including phenoxy) is 1. The van der Waals surface area contributed by atoms with E-state index < -0.39 is 0 Å². The summed E-state index contributed by atoms with van der Waals surface area (Å²) in [4.78, 5) is 2.53. The zero-order chi connectivity index (χ0) is 9.38. The minimum Gasteiger partial charge on any atom is -0.479 e. The first kappa shape index (κ1) is 8.74. The van der Waals surface area contributed by atoms with Gasteiger partial charge in [-0.15, -0.1) is 11.3 Å². The van der Waals surface area contributed by atoms with E-state index in [-0.39, 0.29) is 0 Å². The molecule has 0 radical (unpaired) electrons. The average molecular weight is 209 g/mol. The number of hydrogen-bond donors (Lipinski definition) is 0. The molecule has 14 heavy (non-hydrogen) atoms. The second-order valence-corrected chi connectivity index (χ2v) is 5.14. The van der Waals surface area contributed by atoms with Crippen LogP contribution in [0.2, 0.25) is 0 Å². The highest BCUT2D eigenvalue weighted by Crippen LogP contribution is 2.31. The van der Waals surface area contributed by atoms with Gasteiger partial charge in [0.1, 0.15) is 6.10 Å². The van der Waals surface area contributed by atoms with Gasteiger partial charge in [-0.25, -0.2) is 0 Å². The van der Waals surface area contributed by atoms with Crippen LogP contribution in [0.1, 0.15) is 12.8 Å². The van der Waals surface area contributed by atoms with Gasteiger partial charge in [0.25, 0.3) is 0 Å². The van der Waals surface area contributed by atoms with Crippen molar-refractivity contribution in [3.8, 4) is 5.06 Å². The van der Waals surface area contributed by atoms with Crippen LogP contribution in [0.3, 0.4) is 0 Å². The van der Waals surface area contributed by atoms with Crippen LogP contribution < -0.4 is 4.74 Å². The van der Waals surface area contributed by atoms with Crippen LogP contribution in [-0.4, -0.2) is 30.6 Å². The fourth-order valence-electron chi connectivity index (χ4n) is 2.52. The fraction of sp³-hybridized carbons (Fsp3) is 0.636. The molecule has 4 rings (SSSR count). The van der Waals surface area contributed by atoms with Gasteiger partial charge in [0, 0.05) is 6.54 Å². The van der Waals surface area contributed by atoms with Crippen molar-refractivity contribution < 1.29 is 4.74 Å². The maximum absolute atomic E-state index is 6.01. The Morgan fingerprint density at radius 2 is 2.21 bits per heavy atom. The maximum Gasteiger partial charge on any atom is 0.174 e. The van der Waals surface area contributed by atoms with E-state index >= 15 is 0 Å². The minimum absolute atomic E-state index is 0.455. The molecule has 0 N–H and O–H groups in total. The predicted octanol–water partition coefficient (Wildman–Crippen LogP) is 2.22. The topological polar surface area (TPSA) is 12.5 Å². The van der Waals surface area contributed by atoms with Crippen LogP contribution in [0.4, 0.5) is 0 Å². The molecule has 2 bridgehead atoms. The van der Waals surface area contributed by atoms with Crippen molar-refractivity contribution in [1.82, 2.24) is 4.90 Å². The Kier molecular flexibility index (Phi) is 2.22. The van der Waals surface area contributed by atoms with Crippen molar-refractivity contribution in [1.29, 1.82) is 0 Å². The van der Waals surface area contributed by atoms with Gasteiger partial charge >= 0.3 is 0 Å². The molecule has 3 aliphatic heterocycles. The molecular formula is C11H15NOS.